The maximum Gasteiger partial charge on any atom is 0.243 e. The second kappa shape index (κ2) is 8.87. The van der Waals surface area contributed by atoms with Gasteiger partial charge in [0, 0.05) is 25.1 Å². The third-order valence-corrected chi connectivity index (χ3v) is 6.70. The second-order valence-electron chi connectivity index (χ2n) is 6.70. The third kappa shape index (κ3) is 4.91. The van der Waals surface area contributed by atoms with Crippen molar-refractivity contribution in [3.8, 4) is 5.75 Å². The van der Waals surface area contributed by atoms with Gasteiger partial charge in [0.2, 0.25) is 15.9 Å². The Balaban J connectivity index is 1.61. The molecule has 0 radical (unpaired) electrons. The molecule has 1 aliphatic rings. The van der Waals surface area contributed by atoms with Crippen LogP contribution in [0.15, 0.2) is 47.4 Å². The molecule has 0 saturated carbocycles. The lowest BCUT2D eigenvalue weighted by molar-refractivity contribution is -0.120. The van der Waals surface area contributed by atoms with Crippen molar-refractivity contribution >= 4 is 21.6 Å². The van der Waals surface area contributed by atoms with E-state index in [1.54, 1.807) is 12.1 Å². The summed E-state index contributed by atoms with van der Waals surface area (Å²) in [5.41, 5.74) is -0.223. The van der Waals surface area contributed by atoms with E-state index in [9.17, 15) is 22.0 Å². The van der Waals surface area contributed by atoms with Crippen LogP contribution in [0, 0.1) is 17.6 Å². The van der Waals surface area contributed by atoms with Crippen molar-refractivity contribution in [1.29, 1.82) is 0 Å². The van der Waals surface area contributed by atoms with Gasteiger partial charge in [-0.05, 0) is 56.2 Å². The molecule has 1 N–H and O–H groups in total. The summed E-state index contributed by atoms with van der Waals surface area (Å²) < 4.78 is 59.2. The Kier molecular flexibility index (Phi) is 6.49. The Morgan fingerprint density at radius 1 is 1.14 bits per heavy atom. The topological polar surface area (TPSA) is 75.7 Å². The summed E-state index contributed by atoms with van der Waals surface area (Å²) in [4.78, 5) is 12.5. The van der Waals surface area contributed by atoms with Crippen LogP contribution in [-0.4, -0.2) is 38.3 Å². The number of halogens is 2. The average molecular weight is 424 g/mol. The number of anilines is 1. The summed E-state index contributed by atoms with van der Waals surface area (Å²) in [7, 11) is -3.68. The van der Waals surface area contributed by atoms with Crippen LogP contribution in [-0.2, 0) is 14.8 Å². The van der Waals surface area contributed by atoms with E-state index in [2.05, 4.69) is 5.32 Å². The van der Waals surface area contributed by atoms with Gasteiger partial charge in [0.1, 0.15) is 17.4 Å². The lowest BCUT2D eigenvalue weighted by atomic mass is 9.97. The molecule has 1 aliphatic heterocycles. The Morgan fingerprint density at radius 2 is 1.79 bits per heavy atom. The molecule has 0 unspecified atom stereocenters. The summed E-state index contributed by atoms with van der Waals surface area (Å²) in [6.07, 6.45) is 0.581. The van der Waals surface area contributed by atoms with Gasteiger partial charge >= 0.3 is 0 Å². The van der Waals surface area contributed by atoms with Crippen LogP contribution in [0.1, 0.15) is 19.8 Å². The number of benzene rings is 2. The molecule has 29 heavy (non-hydrogen) atoms. The predicted molar refractivity (Wildman–Crippen MR) is 104 cm³/mol. The quantitative estimate of drug-likeness (QED) is 0.771. The zero-order valence-electron chi connectivity index (χ0n) is 15.9. The molecule has 0 atom stereocenters. The lowest BCUT2D eigenvalue weighted by Crippen LogP contribution is -2.41. The van der Waals surface area contributed by atoms with Gasteiger partial charge < -0.3 is 10.1 Å². The number of nitrogens with zero attached hydrogens (tertiary/aromatic N) is 1. The Bertz CT molecular complexity index is 972. The molecule has 3 rings (SSSR count). The van der Waals surface area contributed by atoms with Gasteiger partial charge in [-0.25, -0.2) is 17.2 Å². The number of hydrogen-bond acceptors (Lipinski definition) is 4. The molecular formula is C20H22F2N2O4S. The highest BCUT2D eigenvalue weighted by atomic mass is 32.2. The van der Waals surface area contributed by atoms with Crippen molar-refractivity contribution < 1.29 is 26.7 Å². The first-order valence-corrected chi connectivity index (χ1v) is 10.7. The smallest absolute Gasteiger partial charge is 0.243 e. The van der Waals surface area contributed by atoms with Gasteiger partial charge in [-0.15, -0.1) is 0 Å². The summed E-state index contributed by atoms with van der Waals surface area (Å²) in [5.74, 6) is -1.73. The maximum absolute atomic E-state index is 13.7. The molecule has 0 spiro atoms. The van der Waals surface area contributed by atoms with Crippen LogP contribution in [0.4, 0.5) is 14.5 Å². The summed E-state index contributed by atoms with van der Waals surface area (Å²) in [6, 6.07) is 9.01. The molecule has 156 valence electrons. The minimum Gasteiger partial charge on any atom is -0.494 e. The maximum atomic E-state index is 13.7. The summed E-state index contributed by atoms with van der Waals surface area (Å²) in [6.45, 7) is 2.66. The van der Waals surface area contributed by atoms with E-state index in [-0.39, 0.29) is 23.7 Å². The largest absolute Gasteiger partial charge is 0.494 e. The van der Waals surface area contributed by atoms with Crippen molar-refractivity contribution in [3.05, 3.63) is 54.1 Å². The zero-order chi connectivity index (χ0) is 21.0. The number of ether oxygens (including phenoxy) is 1. The molecule has 1 heterocycles. The Morgan fingerprint density at radius 3 is 2.41 bits per heavy atom. The highest BCUT2D eigenvalue weighted by molar-refractivity contribution is 7.89. The molecule has 1 amide bonds. The zero-order valence-corrected chi connectivity index (χ0v) is 16.7. The van der Waals surface area contributed by atoms with Crippen LogP contribution in [0.2, 0.25) is 0 Å². The number of hydrogen-bond donors (Lipinski definition) is 1. The van der Waals surface area contributed by atoms with E-state index in [4.69, 9.17) is 4.74 Å². The van der Waals surface area contributed by atoms with E-state index >= 15 is 0 Å². The molecular weight excluding hydrogens is 402 g/mol. The molecule has 1 saturated heterocycles. The Labute approximate surface area is 168 Å². The second-order valence-corrected chi connectivity index (χ2v) is 8.63. The first-order chi connectivity index (χ1) is 13.8. The fourth-order valence-corrected chi connectivity index (χ4v) is 4.68. The van der Waals surface area contributed by atoms with Crippen LogP contribution in [0.25, 0.3) is 0 Å². The number of piperidine rings is 1. The SMILES string of the molecule is CCOc1ccc(S(=O)(=O)N2CCC(C(=O)Nc3cc(F)ccc3F)CC2)cc1. The van der Waals surface area contributed by atoms with Crippen LogP contribution >= 0.6 is 0 Å². The van der Waals surface area contributed by atoms with Gasteiger partial charge in [0.25, 0.3) is 0 Å². The molecule has 9 heteroatoms. The predicted octanol–water partition coefficient (Wildman–Crippen LogP) is 3.40. The summed E-state index contributed by atoms with van der Waals surface area (Å²) in [5, 5.41) is 2.39. The number of sulfonamides is 1. The van der Waals surface area contributed by atoms with E-state index in [0.717, 1.165) is 18.2 Å². The number of carbonyl (C=O) groups is 1. The first-order valence-electron chi connectivity index (χ1n) is 9.30. The number of amides is 1. The van der Waals surface area contributed by atoms with Crippen molar-refractivity contribution in [1.82, 2.24) is 4.31 Å². The van der Waals surface area contributed by atoms with Crippen molar-refractivity contribution in [2.24, 2.45) is 5.92 Å². The highest BCUT2D eigenvalue weighted by Gasteiger charge is 2.32. The molecule has 2 aromatic carbocycles. The van der Waals surface area contributed by atoms with Gasteiger partial charge in [0.05, 0.1) is 17.2 Å². The molecule has 1 fully saturated rings. The fraction of sp³-hybridized carbons (Fsp3) is 0.350. The minimum absolute atomic E-state index is 0.158. The molecule has 0 bridgehead atoms. The minimum atomic E-state index is -3.68. The lowest BCUT2D eigenvalue weighted by Gasteiger charge is -2.30. The van der Waals surface area contributed by atoms with Crippen molar-refractivity contribution in [2.45, 2.75) is 24.7 Å². The van der Waals surface area contributed by atoms with Crippen LogP contribution < -0.4 is 10.1 Å². The van der Waals surface area contributed by atoms with Crippen LogP contribution in [0.3, 0.4) is 0 Å². The summed E-state index contributed by atoms with van der Waals surface area (Å²) >= 11 is 0. The fourth-order valence-electron chi connectivity index (χ4n) is 3.21. The van der Waals surface area contributed by atoms with E-state index < -0.39 is 33.5 Å². The van der Waals surface area contributed by atoms with Gasteiger partial charge in [0.15, 0.2) is 0 Å². The highest BCUT2D eigenvalue weighted by Crippen LogP contribution is 2.26. The number of rotatable bonds is 6. The van der Waals surface area contributed by atoms with Crippen molar-refractivity contribution in [2.75, 3.05) is 25.0 Å². The molecule has 2 aromatic rings. The molecule has 0 aromatic heterocycles. The van der Waals surface area contributed by atoms with Crippen LogP contribution in [0.5, 0.6) is 5.75 Å². The standard InChI is InChI=1S/C20H22F2N2O4S/c1-2-28-16-4-6-17(7-5-16)29(26,27)24-11-9-14(10-12-24)20(25)23-19-13-15(21)3-8-18(19)22/h3-8,13-14H,2,9-12H2,1H3,(H,23,25). The Hall–Kier alpha value is -2.52. The van der Waals surface area contributed by atoms with E-state index in [1.165, 1.54) is 16.4 Å². The van der Waals surface area contributed by atoms with Gasteiger partial charge in [-0.1, -0.05) is 0 Å². The van der Waals surface area contributed by atoms with Gasteiger partial charge in [-0.2, -0.15) is 4.31 Å². The molecule has 0 aliphatic carbocycles. The van der Waals surface area contributed by atoms with E-state index in [0.29, 0.717) is 25.2 Å². The van der Waals surface area contributed by atoms with Gasteiger partial charge in [-0.3, -0.25) is 4.79 Å². The number of carbonyl (C=O) groups excluding carboxylic acids is 1. The number of nitrogens with one attached hydrogen (secondary N) is 1. The third-order valence-electron chi connectivity index (χ3n) is 4.78. The first kappa shape index (κ1) is 21.2. The molecule has 6 nitrogen and oxygen atoms in total. The average Bonchev–Trinajstić information content (AvgIpc) is 2.71. The monoisotopic (exact) mass is 424 g/mol. The van der Waals surface area contributed by atoms with E-state index in [1.807, 2.05) is 6.92 Å². The normalized spacial score (nSPS) is 15.8. The van der Waals surface area contributed by atoms with Crippen molar-refractivity contribution in [3.63, 3.8) is 0 Å².